The zero-order valence-electron chi connectivity index (χ0n) is 37.3. The van der Waals surface area contributed by atoms with Crippen molar-refractivity contribution in [3.8, 4) is 0 Å². The third-order valence-corrected chi connectivity index (χ3v) is 11.1. The number of esters is 2. The molecule has 11 nitrogen and oxygen atoms in total. The fraction of sp³-hybridized carbons (Fsp3) is 0.809. The molecular formula is C47H86NO10P. The van der Waals surface area contributed by atoms with E-state index in [0.717, 1.165) is 64.2 Å². The number of rotatable bonds is 44. The lowest BCUT2D eigenvalue weighted by atomic mass is 10.1. The van der Waals surface area contributed by atoms with Gasteiger partial charge in [-0.1, -0.05) is 172 Å². The van der Waals surface area contributed by atoms with Crippen LogP contribution in [-0.2, 0) is 37.5 Å². The summed E-state index contributed by atoms with van der Waals surface area (Å²) >= 11 is 0. The average Bonchev–Trinajstić information content (AvgIpc) is 3.21. The van der Waals surface area contributed by atoms with Gasteiger partial charge in [0.15, 0.2) is 6.10 Å². The molecule has 0 saturated carbocycles. The van der Waals surface area contributed by atoms with Crippen LogP contribution in [0.2, 0.25) is 0 Å². The molecule has 0 amide bonds. The number of phosphoric ester groups is 1. The molecule has 0 bridgehead atoms. The van der Waals surface area contributed by atoms with Gasteiger partial charge in [0, 0.05) is 12.8 Å². The number of allylic oxidation sites excluding steroid dienone is 6. The minimum absolute atomic E-state index is 0.145. The Morgan fingerprint density at radius 1 is 0.525 bits per heavy atom. The molecule has 344 valence electrons. The molecule has 0 aliphatic carbocycles. The number of hydrogen-bond acceptors (Lipinski definition) is 9. The molecule has 0 aromatic carbocycles. The summed E-state index contributed by atoms with van der Waals surface area (Å²) in [6.07, 6.45) is 46.4. The second-order valence-electron chi connectivity index (χ2n) is 15.9. The molecule has 3 unspecified atom stereocenters. The van der Waals surface area contributed by atoms with Crippen LogP contribution in [-0.4, -0.2) is 59.9 Å². The topological polar surface area (TPSA) is 172 Å². The van der Waals surface area contributed by atoms with Gasteiger partial charge in [0.2, 0.25) is 0 Å². The summed E-state index contributed by atoms with van der Waals surface area (Å²) < 4.78 is 32.7. The van der Waals surface area contributed by atoms with E-state index in [9.17, 15) is 23.8 Å². The predicted octanol–water partition coefficient (Wildman–Crippen LogP) is 12.8. The van der Waals surface area contributed by atoms with Crippen LogP contribution in [0, 0.1) is 0 Å². The number of hydrogen-bond donors (Lipinski definition) is 3. The molecular weight excluding hydrogens is 769 g/mol. The lowest BCUT2D eigenvalue weighted by Crippen LogP contribution is -2.34. The first-order chi connectivity index (χ1) is 28.6. The van der Waals surface area contributed by atoms with Crippen molar-refractivity contribution in [2.45, 2.75) is 225 Å². The summed E-state index contributed by atoms with van der Waals surface area (Å²) in [4.78, 5) is 46.0. The predicted molar refractivity (Wildman–Crippen MR) is 240 cm³/mol. The van der Waals surface area contributed by atoms with Crippen LogP contribution in [0.3, 0.4) is 0 Å². The first kappa shape index (κ1) is 56.7. The maximum atomic E-state index is 12.6. The fourth-order valence-corrected chi connectivity index (χ4v) is 7.15. The highest BCUT2D eigenvalue weighted by Crippen LogP contribution is 2.43. The molecule has 0 radical (unpaired) electrons. The van der Waals surface area contributed by atoms with Crippen molar-refractivity contribution in [2.24, 2.45) is 5.73 Å². The molecule has 0 aromatic heterocycles. The number of nitrogens with two attached hydrogens (primary N) is 1. The molecule has 0 rings (SSSR count). The van der Waals surface area contributed by atoms with E-state index in [2.05, 4.69) is 54.8 Å². The van der Waals surface area contributed by atoms with Crippen molar-refractivity contribution in [1.82, 2.24) is 0 Å². The summed E-state index contributed by atoms with van der Waals surface area (Å²) in [5.74, 6) is -2.39. The molecule has 4 N–H and O–H groups in total. The summed E-state index contributed by atoms with van der Waals surface area (Å²) in [7, 11) is -4.72. The van der Waals surface area contributed by atoms with Crippen molar-refractivity contribution in [2.75, 3.05) is 19.8 Å². The van der Waals surface area contributed by atoms with Crippen LogP contribution in [0.25, 0.3) is 0 Å². The Morgan fingerprint density at radius 2 is 0.915 bits per heavy atom. The summed E-state index contributed by atoms with van der Waals surface area (Å²) in [5.41, 5.74) is 5.34. The minimum atomic E-state index is -4.72. The van der Waals surface area contributed by atoms with E-state index in [-0.39, 0.29) is 19.4 Å². The maximum Gasteiger partial charge on any atom is 0.472 e. The normalized spacial score (nSPS) is 14.0. The zero-order valence-corrected chi connectivity index (χ0v) is 38.2. The van der Waals surface area contributed by atoms with Crippen molar-refractivity contribution >= 4 is 25.7 Å². The van der Waals surface area contributed by atoms with Gasteiger partial charge in [0.05, 0.1) is 13.2 Å². The number of unbranched alkanes of at least 4 members (excludes halogenated alkanes) is 24. The quantitative estimate of drug-likeness (QED) is 0.0230. The van der Waals surface area contributed by atoms with Crippen LogP contribution < -0.4 is 5.73 Å². The standard InChI is InChI=1S/C47H86NO10P/c1-3-5-7-9-11-13-15-17-19-20-21-22-23-24-25-27-28-30-32-34-36-38-45(49)55-40-43(41-56-59(53,54)57-42-44(48)47(51)52)58-46(50)39-37-35-33-31-29-26-18-16-14-12-10-8-6-4-2/h10,12,16,18,20-21,43-44H,3-9,11,13-15,17,19,22-42,48H2,1-2H3,(H,51,52)(H,53,54)/b12-10-,18-16-,21-20-. The fourth-order valence-electron chi connectivity index (χ4n) is 6.37. The SMILES string of the molecule is CCCC/C=C\C/C=C\CCCCCCCC(=O)OC(COC(=O)CCCCCCCCCCC/C=C\CCCCCCCCCC)COP(=O)(O)OCC(N)C(=O)O. The van der Waals surface area contributed by atoms with E-state index in [1.54, 1.807) is 0 Å². The molecule has 59 heavy (non-hydrogen) atoms. The van der Waals surface area contributed by atoms with E-state index >= 15 is 0 Å². The van der Waals surface area contributed by atoms with Gasteiger partial charge < -0.3 is 25.2 Å². The minimum Gasteiger partial charge on any atom is -0.480 e. The third kappa shape index (κ3) is 42.2. The average molecular weight is 856 g/mol. The van der Waals surface area contributed by atoms with E-state index < -0.39 is 51.1 Å². The molecule has 0 heterocycles. The maximum absolute atomic E-state index is 12.6. The Bertz CT molecular complexity index is 1140. The second-order valence-corrected chi connectivity index (χ2v) is 17.3. The lowest BCUT2D eigenvalue weighted by molar-refractivity contribution is -0.161. The van der Waals surface area contributed by atoms with Crippen LogP contribution in [0.15, 0.2) is 36.5 Å². The van der Waals surface area contributed by atoms with E-state index in [0.29, 0.717) is 12.8 Å². The van der Waals surface area contributed by atoms with Gasteiger partial charge in [-0.3, -0.25) is 23.4 Å². The highest BCUT2D eigenvalue weighted by molar-refractivity contribution is 7.47. The lowest BCUT2D eigenvalue weighted by Gasteiger charge is -2.20. The number of carbonyl (C=O) groups is 3. The number of carboxylic acids is 1. The molecule has 0 aliphatic rings. The van der Waals surface area contributed by atoms with Crippen molar-refractivity contribution in [3.05, 3.63) is 36.5 Å². The Balaban J connectivity index is 4.27. The third-order valence-electron chi connectivity index (χ3n) is 10.1. The Morgan fingerprint density at radius 3 is 1.39 bits per heavy atom. The Hall–Kier alpha value is -2.30. The van der Waals surface area contributed by atoms with Gasteiger partial charge in [0.25, 0.3) is 0 Å². The van der Waals surface area contributed by atoms with E-state index in [1.165, 1.54) is 109 Å². The smallest absolute Gasteiger partial charge is 0.472 e. The summed E-state index contributed by atoms with van der Waals surface area (Å²) in [6, 6.07) is -1.52. The second kappa shape index (κ2) is 42.4. The summed E-state index contributed by atoms with van der Waals surface area (Å²) in [6.45, 7) is 2.76. The van der Waals surface area contributed by atoms with Crippen molar-refractivity contribution < 1.29 is 47.5 Å². The monoisotopic (exact) mass is 856 g/mol. The van der Waals surface area contributed by atoms with Gasteiger partial charge in [0.1, 0.15) is 12.6 Å². The van der Waals surface area contributed by atoms with Crippen molar-refractivity contribution in [1.29, 1.82) is 0 Å². The molecule has 3 atom stereocenters. The number of carbonyl (C=O) groups excluding carboxylic acids is 2. The van der Waals surface area contributed by atoms with Crippen molar-refractivity contribution in [3.63, 3.8) is 0 Å². The molecule has 12 heteroatoms. The van der Waals surface area contributed by atoms with Crippen LogP contribution in [0.5, 0.6) is 0 Å². The Labute approximate surface area is 359 Å². The molecule has 0 aromatic rings. The highest BCUT2D eigenvalue weighted by Gasteiger charge is 2.28. The van der Waals surface area contributed by atoms with Crippen LogP contribution in [0.4, 0.5) is 0 Å². The van der Waals surface area contributed by atoms with Crippen LogP contribution in [0.1, 0.15) is 213 Å². The number of aliphatic carboxylic acids is 1. The molecule has 0 aliphatic heterocycles. The van der Waals surface area contributed by atoms with E-state index in [4.69, 9.17) is 24.8 Å². The van der Waals surface area contributed by atoms with Gasteiger partial charge >= 0.3 is 25.7 Å². The number of ether oxygens (including phenoxy) is 2. The summed E-state index contributed by atoms with van der Waals surface area (Å²) in [5, 5.41) is 8.90. The van der Waals surface area contributed by atoms with Gasteiger partial charge in [-0.2, -0.15) is 0 Å². The van der Waals surface area contributed by atoms with Gasteiger partial charge in [-0.15, -0.1) is 0 Å². The molecule has 0 saturated heterocycles. The van der Waals surface area contributed by atoms with Gasteiger partial charge in [-0.05, 0) is 64.2 Å². The van der Waals surface area contributed by atoms with E-state index in [1.807, 2.05) is 0 Å². The first-order valence-electron chi connectivity index (χ1n) is 23.5. The highest BCUT2D eigenvalue weighted by atomic mass is 31.2. The number of carboxylic acid groups (broad SMARTS) is 1. The van der Waals surface area contributed by atoms with Crippen LogP contribution >= 0.6 is 7.82 Å². The first-order valence-corrected chi connectivity index (χ1v) is 25.0. The number of phosphoric acid groups is 1. The molecule has 0 fully saturated rings. The molecule has 0 spiro atoms. The zero-order chi connectivity index (χ0) is 43.5. The largest absolute Gasteiger partial charge is 0.480 e. The Kier molecular flexibility index (Phi) is 40.7. The van der Waals surface area contributed by atoms with Gasteiger partial charge in [-0.25, -0.2) is 4.57 Å².